The zero-order valence-electron chi connectivity index (χ0n) is 37.9. The van der Waals surface area contributed by atoms with Crippen molar-refractivity contribution < 1.29 is 28.6 Å². The zero-order chi connectivity index (χ0) is 43.7. The maximum atomic E-state index is 12.7. The van der Waals surface area contributed by atoms with E-state index in [1.807, 2.05) is 60.8 Å². The van der Waals surface area contributed by atoms with E-state index in [2.05, 4.69) is 93.7 Å². The van der Waals surface area contributed by atoms with Gasteiger partial charge in [-0.3, -0.25) is 14.4 Å². The molecular weight excluding hydrogens is 745 g/mol. The molecule has 0 saturated heterocycles. The topological polar surface area (TPSA) is 78.9 Å². The Labute approximate surface area is 366 Å². The highest BCUT2D eigenvalue weighted by atomic mass is 16.6. The Morgan fingerprint density at radius 3 is 1.15 bits per heavy atom. The molecule has 0 aromatic carbocycles. The summed E-state index contributed by atoms with van der Waals surface area (Å²) in [6, 6.07) is 0. The first kappa shape index (κ1) is 55.5. The van der Waals surface area contributed by atoms with E-state index in [9.17, 15) is 14.4 Å². The lowest BCUT2D eigenvalue weighted by molar-refractivity contribution is -0.167. The summed E-state index contributed by atoms with van der Waals surface area (Å²) in [4.78, 5) is 37.8. The van der Waals surface area contributed by atoms with Crippen molar-refractivity contribution in [2.75, 3.05) is 13.2 Å². The van der Waals surface area contributed by atoms with E-state index >= 15 is 0 Å². The Morgan fingerprint density at radius 2 is 0.683 bits per heavy atom. The van der Waals surface area contributed by atoms with Crippen LogP contribution in [0.5, 0.6) is 0 Å². The van der Waals surface area contributed by atoms with Crippen LogP contribution in [-0.2, 0) is 28.6 Å². The molecule has 0 aromatic heterocycles. The number of hydrogen-bond donors (Lipinski definition) is 0. The van der Waals surface area contributed by atoms with Gasteiger partial charge in [-0.05, 0) is 89.9 Å². The average molecular weight is 827 g/mol. The summed E-state index contributed by atoms with van der Waals surface area (Å²) in [5.41, 5.74) is 0. The number of hydrogen-bond acceptors (Lipinski definition) is 6. The SMILES string of the molecule is CC\C=C/C=C\C=C/C=C\CCCCCCCC(=O)OCC(COC(=O)CCCCC\C=C/C=C\C=C/C=C\CC)OC(=O)CCCCCC/C=C\C/C=C\C/C=C\CC. The molecule has 0 aliphatic rings. The number of carbonyl (C=O) groups excluding carboxylic acids is 3. The van der Waals surface area contributed by atoms with Crippen LogP contribution in [0.15, 0.2) is 134 Å². The van der Waals surface area contributed by atoms with Gasteiger partial charge >= 0.3 is 17.9 Å². The summed E-state index contributed by atoms with van der Waals surface area (Å²) in [7, 11) is 0. The minimum absolute atomic E-state index is 0.118. The van der Waals surface area contributed by atoms with Gasteiger partial charge in [0.05, 0.1) is 0 Å². The first-order valence-corrected chi connectivity index (χ1v) is 23.3. The highest BCUT2D eigenvalue weighted by Crippen LogP contribution is 2.12. The molecule has 60 heavy (non-hydrogen) atoms. The lowest BCUT2D eigenvalue weighted by atomic mass is 10.1. The first-order chi connectivity index (χ1) is 29.5. The van der Waals surface area contributed by atoms with Gasteiger partial charge in [0.1, 0.15) is 13.2 Å². The minimum Gasteiger partial charge on any atom is -0.462 e. The number of carbonyl (C=O) groups is 3. The maximum absolute atomic E-state index is 12.7. The van der Waals surface area contributed by atoms with Gasteiger partial charge in [0.2, 0.25) is 0 Å². The summed E-state index contributed by atoms with van der Waals surface area (Å²) in [6.45, 7) is 6.13. The van der Waals surface area contributed by atoms with Crippen LogP contribution in [0.3, 0.4) is 0 Å². The quantitative estimate of drug-likeness (QED) is 0.0202. The molecule has 1 unspecified atom stereocenters. The van der Waals surface area contributed by atoms with E-state index in [-0.39, 0.29) is 37.5 Å². The summed E-state index contributed by atoms with van der Waals surface area (Å²) in [5, 5.41) is 0. The Kier molecular flexibility index (Phi) is 43.7. The summed E-state index contributed by atoms with van der Waals surface area (Å²) in [5.74, 6) is -1.02. The molecule has 0 spiro atoms. The van der Waals surface area contributed by atoms with Crippen LogP contribution in [0.4, 0.5) is 0 Å². The van der Waals surface area contributed by atoms with Gasteiger partial charge < -0.3 is 14.2 Å². The average Bonchev–Trinajstić information content (AvgIpc) is 3.24. The molecule has 0 N–H and O–H groups in total. The van der Waals surface area contributed by atoms with Crippen LogP contribution in [0.2, 0.25) is 0 Å². The molecule has 1 atom stereocenters. The van der Waals surface area contributed by atoms with E-state index < -0.39 is 6.10 Å². The third-order valence-corrected chi connectivity index (χ3v) is 9.07. The van der Waals surface area contributed by atoms with Crippen molar-refractivity contribution in [3.63, 3.8) is 0 Å². The normalized spacial score (nSPS) is 13.3. The second kappa shape index (κ2) is 47.2. The van der Waals surface area contributed by atoms with E-state index in [4.69, 9.17) is 14.2 Å². The standard InChI is InChI=1S/C54H82O6/c1-4-7-10-13-16-19-22-25-27-30-32-35-38-41-44-47-53(56)59-50-51(49-58-52(55)46-43-40-37-34-31-28-24-21-18-15-12-9-6-3)60-54(57)48-45-42-39-36-33-29-26-23-20-17-14-11-8-5-2/h7-13,15-22,24-29,31,51H,4-6,14,23,30,32-50H2,1-3H3/b10-7-,11-8-,12-9-,16-13-,18-15-,20-17-,22-19-,24-21-,27-25-,29-26-,31-28-. The molecule has 0 amide bonds. The summed E-state index contributed by atoms with van der Waals surface area (Å²) >= 11 is 0. The largest absolute Gasteiger partial charge is 0.462 e. The number of unbranched alkanes of at least 4 members (excludes halogenated alkanes) is 12. The molecule has 6 heteroatoms. The van der Waals surface area contributed by atoms with Gasteiger partial charge in [-0.25, -0.2) is 0 Å². The van der Waals surface area contributed by atoms with E-state index in [1.54, 1.807) is 0 Å². The Bertz CT molecular complexity index is 1370. The van der Waals surface area contributed by atoms with Crippen LogP contribution < -0.4 is 0 Å². The minimum atomic E-state index is -0.820. The molecule has 0 heterocycles. The third kappa shape index (κ3) is 44.6. The van der Waals surface area contributed by atoms with Crippen LogP contribution in [0.25, 0.3) is 0 Å². The molecule has 0 saturated carbocycles. The van der Waals surface area contributed by atoms with Gasteiger partial charge in [0, 0.05) is 19.3 Å². The zero-order valence-corrected chi connectivity index (χ0v) is 37.9. The number of ether oxygens (including phenoxy) is 3. The van der Waals surface area contributed by atoms with Gasteiger partial charge in [0.25, 0.3) is 0 Å². The number of rotatable bonds is 39. The van der Waals surface area contributed by atoms with Crippen LogP contribution in [-0.4, -0.2) is 37.2 Å². The molecule has 0 aromatic rings. The maximum Gasteiger partial charge on any atom is 0.306 e. The second-order valence-corrected chi connectivity index (χ2v) is 14.7. The fraction of sp³-hybridized carbons (Fsp3) is 0.537. The van der Waals surface area contributed by atoms with E-state index in [1.165, 1.54) is 0 Å². The predicted molar refractivity (Wildman–Crippen MR) is 256 cm³/mol. The number of esters is 3. The summed E-state index contributed by atoms with van der Waals surface area (Å²) in [6.07, 6.45) is 65.7. The third-order valence-electron chi connectivity index (χ3n) is 9.07. The van der Waals surface area contributed by atoms with Gasteiger partial charge in [-0.15, -0.1) is 0 Å². The molecule has 0 rings (SSSR count). The van der Waals surface area contributed by atoms with E-state index in [0.717, 1.165) is 128 Å². The van der Waals surface area contributed by atoms with Crippen LogP contribution in [0.1, 0.15) is 168 Å². The molecule has 0 aliphatic carbocycles. The summed E-state index contributed by atoms with van der Waals surface area (Å²) < 4.78 is 16.7. The van der Waals surface area contributed by atoms with Crippen molar-refractivity contribution in [3.8, 4) is 0 Å². The van der Waals surface area contributed by atoms with Crippen molar-refractivity contribution in [2.24, 2.45) is 0 Å². The van der Waals surface area contributed by atoms with Gasteiger partial charge in [-0.1, -0.05) is 193 Å². The van der Waals surface area contributed by atoms with Crippen LogP contribution in [0, 0.1) is 0 Å². The fourth-order valence-corrected chi connectivity index (χ4v) is 5.65. The molecular formula is C54H82O6. The molecule has 6 nitrogen and oxygen atoms in total. The lowest BCUT2D eigenvalue weighted by Gasteiger charge is -2.18. The molecule has 0 aliphatic heterocycles. The Balaban J connectivity index is 4.57. The first-order valence-electron chi connectivity index (χ1n) is 23.3. The Hall–Kier alpha value is -4.45. The van der Waals surface area contributed by atoms with Gasteiger partial charge in [-0.2, -0.15) is 0 Å². The molecule has 334 valence electrons. The molecule has 0 fully saturated rings. The van der Waals surface area contributed by atoms with Crippen LogP contribution >= 0.6 is 0 Å². The predicted octanol–water partition coefficient (Wildman–Crippen LogP) is 15.1. The second-order valence-electron chi connectivity index (χ2n) is 14.7. The van der Waals surface area contributed by atoms with Crippen molar-refractivity contribution in [3.05, 3.63) is 134 Å². The highest BCUT2D eigenvalue weighted by Gasteiger charge is 2.19. The monoisotopic (exact) mass is 827 g/mol. The molecule has 0 radical (unpaired) electrons. The Morgan fingerprint density at radius 1 is 0.350 bits per heavy atom. The van der Waals surface area contributed by atoms with Crippen molar-refractivity contribution >= 4 is 17.9 Å². The van der Waals surface area contributed by atoms with Crippen molar-refractivity contribution in [1.82, 2.24) is 0 Å². The van der Waals surface area contributed by atoms with Crippen molar-refractivity contribution in [2.45, 2.75) is 175 Å². The smallest absolute Gasteiger partial charge is 0.306 e. The number of allylic oxidation sites excluding steroid dienone is 22. The highest BCUT2D eigenvalue weighted by molar-refractivity contribution is 5.71. The van der Waals surface area contributed by atoms with E-state index in [0.29, 0.717) is 12.8 Å². The lowest BCUT2D eigenvalue weighted by Crippen LogP contribution is -2.30. The van der Waals surface area contributed by atoms with Gasteiger partial charge in [0.15, 0.2) is 6.10 Å². The fourth-order valence-electron chi connectivity index (χ4n) is 5.65. The molecule has 0 bridgehead atoms. The van der Waals surface area contributed by atoms with Crippen molar-refractivity contribution in [1.29, 1.82) is 0 Å².